The van der Waals surface area contributed by atoms with Gasteiger partial charge in [0.05, 0.1) is 18.6 Å². The Labute approximate surface area is 438 Å². The van der Waals surface area contributed by atoms with Crippen LogP contribution in [-0.4, -0.2) is 107 Å². The first-order chi connectivity index (χ1) is 31.2. The molecule has 0 radical (unpaired) electrons. The van der Waals surface area contributed by atoms with E-state index in [9.17, 15) is 24.0 Å². The van der Waals surface area contributed by atoms with Gasteiger partial charge in [0.2, 0.25) is 0 Å². The Morgan fingerprint density at radius 1 is 0.580 bits per heavy atom. The predicted molar refractivity (Wildman–Crippen MR) is 273 cm³/mol. The molecule has 1 fully saturated rings. The molecular weight excluding hydrogens is 1140 g/mol. The van der Waals surface area contributed by atoms with Crippen molar-refractivity contribution in [3.63, 3.8) is 0 Å². The summed E-state index contributed by atoms with van der Waals surface area (Å²) in [5.41, 5.74) is 0.949. The number of aromatic nitrogens is 6. The van der Waals surface area contributed by atoms with Crippen molar-refractivity contribution in [1.29, 1.82) is 0 Å². The van der Waals surface area contributed by atoms with Crippen LogP contribution in [0, 0.1) is 0 Å². The van der Waals surface area contributed by atoms with Crippen LogP contribution in [0.4, 0.5) is 47.2 Å². The number of hydrogen-bond donors (Lipinski definition) is 2. The molecular formula is C43H62Br3Cl2N11O10. The fraction of sp³-hybridized carbons (Fsp3) is 0.605. The van der Waals surface area contributed by atoms with Gasteiger partial charge in [-0.25, -0.2) is 53.9 Å². The number of ether oxygens (including phenoxy) is 5. The third kappa shape index (κ3) is 22.1. The SMILES string of the molecule is CC(C)(C)OC(=O)N(C(=O)OC(C)(C)C)c1nc(Cl)cnc1Br.CC1(NC(=O)OC(C)(C)C)CCN(c2cnc(Br)c(N(C(=O)OC(C)(C)C)C(=O)OC(C)(C)C)n2)CC1.Nc1nc(Cl)cnc1Br. The number of piperidine rings is 1. The van der Waals surface area contributed by atoms with Crippen molar-refractivity contribution in [1.82, 2.24) is 35.2 Å². The third-order valence-electron chi connectivity index (χ3n) is 7.82. The number of imide groups is 2. The van der Waals surface area contributed by atoms with E-state index in [4.69, 9.17) is 52.6 Å². The first kappa shape index (κ1) is 60.7. The van der Waals surface area contributed by atoms with Crippen LogP contribution in [0.3, 0.4) is 0 Å². The van der Waals surface area contributed by atoms with Crippen LogP contribution in [-0.2, 0) is 23.7 Å². The molecule has 3 aromatic rings. The van der Waals surface area contributed by atoms with E-state index in [2.05, 4.69) is 83.0 Å². The first-order valence-electron chi connectivity index (χ1n) is 21.1. The topological polar surface area (TPSA) is 257 Å². The lowest BCUT2D eigenvalue weighted by molar-refractivity contribution is 0.0406. The molecule has 0 atom stereocenters. The largest absolute Gasteiger partial charge is 0.444 e. The summed E-state index contributed by atoms with van der Waals surface area (Å²) >= 11 is 20.8. The fourth-order valence-corrected chi connectivity index (χ4v) is 6.33. The Morgan fingerprint density at radius 2 is 0.913 bits per heavy atom. The van der Waals surface area contributed by atoms with Crippen LogP contribution in [0.15, 0.2) is 32.4 Å². The fourth-order valence-electron chi connectivity index (χ4n) is 5.13. The van der Waals surface area contributed by atoms with E-state index in [0.29, 0.717) is 52.2 Å². The standard InChI is InChI=1S/C25H40BrN5O6.C14H19BrClN3O4.C4H3BrClN3/c1-22(2,3)35-19(32)29-25(10)11-13-30(14-12-25)16-15-27-17(26)18(28-16)31(20(33)36-23(4,5)6)21(34)37-24(7,8)9;1-13(2,3)22-11(20)19(12(21)23-14(4,5)6)10-9(15)17-7-8(16)18-10;5-3-4(7)9-2(6)1-8-3/h15H,11-14H2,1-10H3,(H,29,32);7H,1-6H3;1H,(H2,7,9). The molecule has 0 spiro atoms. The minimum absolute atomic E-state index is 0.0142. The van der Waals surface area contributed by atoms with Crippen molar-refractivity contribution in [2.45, 2.75) is 157 Å². The second-order valence-electron chi connectivity index (χ2n) is 20.3. The number of hydrogen-bond acceptors (Lipinski definition) is 18. The van der Waals surface area contributed by atoms with Crippen molar-refractivity contribution in [3.8, 4) is 0 Å². The van der Waals surface area contributed by atoms with Crippen LogP contribution < -0.4 is 25.8 Å². The number of rotatable bonds is 4. The van der Waals surface area contributed by atoms with Crippen molar-refractivity contribution in [2.24, 2.45) is 0 Å². The Morgan fingerprint density at radius 3 is 1.26 bits per heavy atom. The zero-order valence-electron chi connectivity index (χ0n) is 41.6. The van der Waals surface area contributed by atoms with Gasteiger partial charge in [0.15, 0.2) is 17.5 Å². The van der Waals surface area contributed by atoms with E-state index in [1.54, 1.807) is 89.3 Å². The molecule has 0 bridgehead atoms. The molecule has 1 saturated heterocycles. The summed E-state index contributed by atoms with van der Waals surface area (Å²) in [5.74, 6) is 0.624. The molecule has 5 amide bonds. The highest BCUT2D eigenvalue weighted by Gasteiger charge is 2.38. The van der Waals surface area contributed by atoms with E-state index in [-0.39, 0.29) is 26.0 Å². The molecule has 1 aliphatic rings. The minimum atomic E-state index is -0.941. The number of carbonyl (C=O) groups is 5. The van der Waals surface area contributed by atoms with Crippen LogP contribution in [0.2, 0.25) is 10.3 Å². The monoisotopic (exact) mass is 1200 g/mol. The molecule has 3 N–H and O–H groups in total. The molecule has 3 aromatic heterocycles. The second-order valence-corrected chi connectivity index (χ2v) is 23.3. The Bertz CT molecular complexity index is 2250. The zero-order chi connectivity index (χ0) is 53.2. The van der Waals surface area contributed by atoms with E-state index >= 15 is 0 Å². The van der Waals surface area contributed by atoms with Crippen LogP contribution in [0.5, 0.6) is 0 Å². The number of alkyl carbamates (subject to hydrolysis) is 1. The van der Waals surface area contributed by atoms with E-state index < -0.39 is 64.0 Å². The Balaban J connectivity index is 0.000000429. The number of amides is 5. The van der Waals surface area contributed by atoms with Gasteiger partial charge in [0.25, 0.3) is 0 Å². The van der Waals surface area contributed by atoms with Crippen molar-refractivity contribution in [2.75, 3.05) is 33.5 Å². The Hall–Kier alpha value is -4.39. The highest BCUT2D eigenvalue weighted by molar-refractivity contribution is 9.11. The lowest BCUT2D eigenvalue weighted by Crippen LogP contribution is -2.54. The number of nitrogens with one attached hydrogen (secondary N) is 1. The summed E-state index contributed by atoms with van der Waals surface area (Å²) in [6, 6.07) is 0. The lowest BCUT2D eigenvalue weighted by Gasteiger charge is -2.40. The van der Waals surface area contributed by atoms with Gasteiger partial charge in [0.1, 0.15) is 57.9 Å². The smallest absolute Gasteiger partial charge is 0.425 e. The van der Waals surface area contributed by atoms with Gasteiger partial charge in [-0.3, -0.25) is 0 Å². The first-order valence-corrected chi connectivity index (χ1v) is 24.2. The van der Waals surface area contributed by atoms with Gasteiger partial charge in [-0.1, -0.05) is 23.2 Å². The molecule has 4 heterocycles. The van der Waals surface area contributed by atoms with Gasteiger partial charge in [-0.2, -0.15) is 9.80 Å². The lowest BCUT2D eigenvalue weighted by atomic mass is 9.90. The molecule has 1 aliphatic heterocycles. The van der Waals surface area contributed by atoms with Crippen LogP contribution in [0.25, 0.3) is 0 Å². The normalized spacial score (nSPS) is 13.8. The summed E-state index contributed by atoms with van der Waals surface area (Å²) in [4.78, 5) is 90.9. The number of nitrogens with two attached hydrogens (primary N) is 1. The predicted octanol–water partition coefficient (Wildman–Crippen LogP) is 11.8. The molecule has 26 heteroatoms. The second kappa shape index (κ2) is 24.2. The van der Waals surface area contributed by atoms with E-state index in [1.165, 1.54) is 12.4 Å². The van der Waals surface area contributed by atoms with Gasteiger partial charge >= 0.3 is 30.5 Å². The molecule has 0 unspecified atom stereocenters. The molecule has 0 aromatic carbocycles. The van der Waals surface area contributed by atoms with Gasteiger partial charge < -0.3 is 39.6 Å². The number of anilines is 4. The minimum Gasteiger partial charge on any atom is -0.444 e. The van der Waals surface area contributed by atoms with Crippen molar-refractivity contribution < 1.29 is 47.7 Å². The molecule has 21 nitrogen and oxygen atoms in total. The summed E-state index contributed by atoms with van der Waals surface area (Å²) < 4.78 is 27.7. The highest BCUT2D eigenvalue weighted by atomic mass is 79.9. The maximum Gasteiger partial charge on any atom is 0.425 e. The summed E-state index contributed by atoms with van der Waals surface area (Å²) in [7, 11) is 0. The van der Waals surface area contributed by atoms with E-state index in [1.807, 2.05) is 32.6 Å². The van der Waals surface area contributed by atoms with Gasteiger partial charge in [0, 0.05) is 18.6 Å². The van der Waals surface area contributed by atoms with Crippen LogP contribution >= 0.6 is 71.0 Å². The molecule has 4 rings (SSSR count). The maximum atomic E-state index is 13.1. The third-order valence-corrected chi connectivity index (χ3v) is 9.92. The van der Waals surface area contributed by atoms with Crippen molar-refractivity contribution >= 4 is 125 Å². The average molecular weight is 1200 g/mol. The number of halogens is 5. The zero-order valence-corrected chi connectivity index (χ0v) is 47.9. The van der Waals surface area contributed by atoms with Gasteiger partial charge in [-0.15, -0.1) is 0 Å². The molecule has 0 saturated carbocycles. The van der Waals surface area contributed by atoms with Gasteiger partial charge in [-0.05, 0) is 171 Å². The van der Waals surface area contributed by atoms with Crippen molar-refractivity contribution in [3.05, 3.63) is 42.7 Å². The van der Waals surface area contributed by atoms with E-state index in [0.717, 1.165) is 4.90 Å². The maximum absolute atomic E-state index is 13.1. The highest BCUT2D eigenvalue weighted by Crippen LogP contribution is 2.32. The quantitative estimate of drug-likeness (QED) is 0.230. The summed E-state index contributed by atoms with van der Waals surface area (Å²) in [6.45, 7) is 28.8. The number of nitrogen functional groups attached to an aromatic ring is 1. The number of carbonyl (C=O) groups excluding carboxylic acids is 5. The molecule has 0 aliphatic carbocycles. The molecule has 69 heavy (non-hydrogen) atoms. The van der Waals surface area contributed by atoms with Crippen LogP contribution in [0.1, 0.15) is 124 Å². The molecule has 384 valence electrons. The summed E-state index contributed by atoms with van der Waals surface area (Å²) in [6.07, 6.45) is 1.30. The average Bonchev–Trinajstić information content (AvgIpc) is 3.13. The summed E-state index contributed by atoms with van der Waals surface area (Å²) in [5, 5.41) is 3.29. The number of nitrogens with zero attached hydrogens (tertiary/aromatic N) is 9. The Kier molecular flexibility index (Phi) is 21.3.